The third-order valence-electron chi connectivity index (χ3n) is 3.60. The average molecular weight is 311 g/mol. The molecule has 0 heterocycles. The number of carbonyl (C=O) groups is 1. The van der Waals surface area contributed by atoms with Gasteiger partial charge in [-0.15, -0.1) is 0 Å². The fraction of sp³-hybridized carbons (Fsp3) is 0.429. The lowest BCUT2D eigenvalue weighted by Gasteiger charge is -2.08. The third kappa shape index (κ3) is 2.40. The van der Waals surface area contributed by atoms with Crippen molar-refractivity contribution in [2.75, 3.05) is 12.9 Å². The van der Waals surface area contributed by atoms with Crippen LogP contribution in [0.25, 0.3) is 0 Å². The molecule has 1 saturated carbocycles. The van der Waals surface area contributed by atoms with E-state index in [4.69, 9.17) is 4.74 Å². The molecule has 1 aromatic carbocycles. The first-order valence-corrected chi connectivity index (χ1v) is 8.27. The van der Waals surface area contributed by atoms with Gasteiger partial charge in [-0.2, -0.15) is 5.26 Å². The molecule has 0 aromatic heterocycles. The van der Waals surface area contributed by atoms with Gasteiger partial charge in [-0.3, -0.25) is 4.79 Å². The van der Waals surface area contributed by atoms with Crippen LogP contribution in [-0.2, 0) is 19.4 Å². The van der Waals surface area contributed by atoms with Crippen molar-refractivity contribution in [2.45, 2.75) is 18.1 Å². The second-order valence-electron chi connectivity index (χ2n) is 4.98. The highest BCUT2D eigenvalue weighted by Crippen LogP contribution is 2.63. The van der Waals surface area contributed by atoms with E-state index in [0.29, 0.717) is 5.56 Å². The van der Waals surface area contributed by atoms with Gasteiger partial charge >= 0.3 is 5.97 Å². The predicted molar refractivity (Wildman–Crippen MR) is 72.5 cm³/mol. The molecule has 0 saturated heterocycles. The fourth-order valence-corrected chi connectivity index (χ4v) is 4.51. The number of ether oxygens (including phenoxy) is 1. The van der Waals surface area contributed by atoms with E-state index in [0.717, 1.165) is 12.3 Å². The van der Waals surface area contributed by atoms with Crippen LogP contribution >= 0.6 is 0 Å². The number of carbonyl (C=O) groups excluding carboxylic acids is 1. The fourth-order valence-electron chi connectivity index (χ4n) is 2.75. The van der Waals surface area contributed by atoms with Crippen LogP contribution in [0.5, 0.6) is 0 Å². The van der Waals surface area contributed by atoms with Gasteiger partial charge in [0.2, 0.25) is 0 Å². The van der Waals surface area contributed by atoms with Crippen LogP contribution in [0.2, 0.25) is 0 Å². The molecule has 0 N–H and O–H groups in total. The molecule has 2 rings (SSSR count). The molecule has 0 unspecified atom stereocenters. The number of nitrogens with zero attached hydrogens (tertiary/aromatic N) is 1. The van der Waals surface area contributed by atoms with E-state index in [9.17, 15) is 22.9 Å². The van der Waals surface area contributed by atoms with Crippen molar-refractivity contribution in [3.05, 3.63) is 35.6 Å². The van der Waals surface area contributed by atoms with Crippen LogP contribution in [0.1, 0.15) is 18.4 Å². The number of benzene rings is 1. The van der Waals surface area contributed by atoms with Crippen LogP contribution in [0.4, 0.5) is 4.39 Å². The standard InChI is InChI=1S/C14H14FNO4S/c1-3-20-13(17)14(8-16)11(12(14)21(2,18)19)9-5-4-6-10(15)7-9/h4-7,11-12H,3H2,1-2H3/t11-,12+,14+/m0/s1. The molecular weight excluding hydrogens is 297 g/mol. The number of nitriles is 1. The van der Waals surface area contributed by atoms with E-state index in [-0.39, 0.29) is 6.61 Å². The lowest BCUT2D eigenvalue weighted by molar-refractivity contribution is -0.147. The summed E-state index contributed by atoms with van der Waals surface area (Å²) < 4.78 is 42.0. The SMILES string of the molecule is CCOC(=O)[C@@]1(C#N)[C@H](S(C)(=O)=O)[C@@H]1c1cccc(F)c1. The first-order chi connectivity index (χ1) is 9.79. The van der Waals surface area contributed by atoms with E-state index in [1.165, 1.54) is 18.2 Å². The number of esters is 1. The Kier molecular flexibility index (Phi) is 3.76. The molecule has 1 aliphatic carbocycles. The molecular formula is C14H14FNO4S. The molecule has 5 nitrogen and oxygen atoms in total. The monoisotopic (exact) mass is 311 g/mol. The summed E-state index contributed by atoms with van der Waals surface area (Å²) >= 11 is 0. The van der Waals surface area contributed by atoms with Gasteiger partial charge in [0.25, 0.3) is 0 Å². The molecule has 0 aliphatic heterocycles. The molecule has 0 amide bonds. The summed E-state index contributed by atoms with van der Waals surface area (Å²) in [6.07, 6.45) is 0.961. The summed E-state index contributed by atoms with van der Waals surface area (Å²) in [5, 5.41) is 8.17. The van der Waals surface area contributed by atoms with E-state index in [2.05, 4.69) is 0 Å². The minimum atomic E-state index is -3.67. The number of rotatable bonds is 4. The van der Waals surface area contributed by atoms with Crippen molar-refractivity contribution < 1.29 is 22.3 Å². The van der Waals surface area contributed by atoms with Gasteiger partial charge in [0.1, 0.15) is 11.1 Å². The maximum absolute atomic E-state index is 13.3. The molecule has 1 aromatic rings. The Hall–Kier alpha value is -1.94. The van der Waals surface area contributed by atoms with Crippen molar-refractivity contribution in [3.63, 3.8) is 0 Å². The van der Waals surface area contributed by atoms with Gasteiger partial charge in [-0.25, -0.2) is 12.8 Å². The maximum atomic E-state index is 13.3. The van der Waals surface area contributed by atoms with Gasteiger partial charge in [0.05, 0.1) is 12.7 Å². The van der Waals surface area contributed by atoms with Crippen molar-refractivity contribution in [1.82, 2.24) is 0 Å². The van der Waals surface area contributed by atoms with Gasteiger partial charge in [-0.05, 0) is 24.6 Å². The molecule has 0 radical (unpaired) electrons. The molecule has 7 heteroatoms. The third-order valence-corrected chi connectivity index (χ3v) is 5.17. The molecule has 1 fully saturated rings. The van der Waals surface area contributed by atoms with Crippen LogP contribution in [0, 0.1) is 22.6 Å². The topological polar surface area (TPSA) is 84.2 Å². The van der Waals surface area contributed by atoms with Crippen LogP contribution in [0.15, 0.2) is 24.3 Å². The summed E-state index contributed by atoms with van der Waals surface area (Å²) in [7, 11) is -3.67. The second-order valence-corrected chi connectivity index (χ2v) is 7.15. The lowest BCUT2D eigenvalue weighted by atomic mass is 10.0. The largest absolute Gasteiger partial charge is 0.465 e. The number of hydrogen-bond acceptors (Lipinski definition) is 5. The molecule has 0 bridgehead atoms. The Morgan fingerprint density at radius 3 is 2.67 bits per heavy atom. The molecule has 3 atom stereocenters. The normalized spacial score (nSPS) is 27.7. The molecule has 112 valence electrons. The minimum Gasteiger partial charge on any atom is -0.465 e. The maximum Gasteiger partial charge on any atom is 0.328 e. The first-order valence-electron chi connectivity index (χ1n) is 6.31. The van der Waals surface area contributed by atoms with Gasteiger partial charge in [0, 0.05) is 12.2 Å². The summed E-state index contributed by atoms with van der Waals surface area (Å²) in [5.41, 5.74) is -1.49. The van der Waals surface area contributed by atoms with E-state index >= 15 is 0 Å². The highest BCUT2D eigenvalue weighted by Gasteiger charge is 2.76. The first kappa shape index (κ1) is 15.4. The van der Waals surface area contributed by atoms with E-state index < -0.39 is 38.2 Å². The van der Waals surface area contributed by atoms with E-state index in [1.54, 1.807) is 13.0 Å². The zero-order valence-electron chi connectivity index (χ0n) is 11.5. The van der Waals surface area contributed by atoms with Crippen LogP contribution in [-0.4, -0.2) is 32.5 Å². The number of sulfone groups is 1. The summed E-state index contributed by atoms with van der Waals surface area (Å²) in [6.45, 7) is 1.60. The molecule has 1 aliphatic rings. The van der Waals surface area contributed by atoms with Crippen molar-refractivity contribution in [1.29, 1.82) is 5.26 Å². The van der Waals surface area contributed by atoms with Crippen molar-refractivity contribution >= 4 is 15.8 Å². The smallest absolute Gasteiger partial charge is 0.328 e. The van der Waals surface area contributed by atoms with Crippen molar-refractivity contribution in [2.24, 2.45) is 5.41 Å². The quantitative estimate of drug-likeness (QED) is 0.785. The van der Waals surface area contributed by atoms with Crippen molar-refractivity contribution in [3.8, 4) is 6.07 Å². The highest BCUT2D eigenvalue weighted by molar-refractivity contribution is 7.91. The minimum absolute atomic E-state index is 0.0363. The zero-order valence-corrected chi connectivity index (χ0v) is 12.4. The Bertz CT molecular complexity index is 725. The average Bonchev–Trinajstić information content (AvgIpc) is 3.09. The zero-order chi connectivity index (χ0) is 15.8. The summed E-state index contributed by atoms with van der Waals surface area (Å²) in [4.78, 5) is 12.1. The number of hydrogen-bond donors (Lipinski definition) is 0. The Morgan fingerprint density at radius 1 is 1.52 bits per heavy atom. The Labute approximate surface area is 122 Å². The molecule has 21 heavy (non-hydrogen) atoms. The Morgan fingerprint density at radius 2 is 2.19 bits per heavy atom. The van der Waals surface area contributed by atoms with Crippen LogP contribution < -0.4 is 0 Å². The Balaban J connectivity index is 2.53. The van der Waals surface area contributed by atoms with E-state index in [1.807, 2.05) is 0 Å². The highest BCUT2D eigenvalue weighted by atomic mass is 32.2. The summed E-state index contributed by atoms with van der Waals surface area (Å²) in [6, 6.07) is 7.05. The van der Waals surface area contributed by atoms with Gasteiger partial charge in [0.15, 0.2) is 15.3 Å². The molecule has 0 spiro atoms. The predicted octanol–water partition coefficient (Wildman–Crippen LogP) is 1.41. The van der Waals surface area contributed by atoms with Crippen LogP contribution in [0.3, 0.4) is 0 Å². The number of halogens is 1. The summed E-state index contributed by atoms with van der Waals surface area (Å²) in [5.74, 6) is -2.34. The lowest BCUT2D eigenvalue weighted by Crippen LogP contribution is -2.24. The van der Waals surface area contributed by atoms with Gasteiger partial charge < -0.3 is 4.74 Å². The second kappa shape index (κ2) is 5.11. The van der Waals surface area contributed by atoms with Gasteiger partial charge in [-0.1, -0.05) is 12.1 Å².